The van der Waals surface area contributed by atoms with Gasteiger partial charge in [-0.1, -0.05) is 6.42 Å². The van der Waals surface area contributed by atoms with Gasteiger partial charge in [0.1, 0.15) is 6.04 Å². The molecule has 0 saturated carbocycles. The highest BCUT2D eigenvalue weighted by Gasteiger charge is 2.33. The molecule has 0 aromatic carbocycles. The number of unbranched alkanes of at least 4 members (excludes halogenated alkanes) is 3. The SMILES string of the molecule is CCOCCCCCC(=O)N1CCCC1C(=O)NCCCCOC(C)C. The molecule has 1 heterocycles. The lowest BCUT2D eigenvalue weighted by Gasteiger charge is -2.24. The summed E-state index contributed by atoms with van der Waals surface area (Å²) in [6, 6.07) is -0.280. The molecule has 2 amide bonds. The van der Waals surface area contributed by atoms with Crippen molar-refractivity contribution in [3.63, 3.8) is 0 Å². The second-order valence-corrected chi connectivity index (χ2v) is 7.17. The smallest absolute Gasteiger partial charge is 0.242 e. The molecule has 0 bridgehead atoms. The fourth-order valence-electron chi connectivity index (χ4n) is 3.16. The van der Waals surface area contributed by atoms with Crippen LogP contribution in [-0.2, 0) is 19.1 Å². The summed E-state index contributed by atoms with van der Waals surface area (Å²) < 4.78 is 10.8. The molecule has 1 rings (SSSR count). The van der Waals surface area contributed by atoms with Crippen molar-refractivity contribution in [2.75, 3.05) is 32.9 Å². The Morgan fingerprint density at radius 1 is 1.12 bits per heavy atom. The summed E-state index contributed by atoms with van der Waals surface area (Å²) in [6.07, 6.45) is 7.17. The van der Waals surface area contributed by atoms with E-state index in [1.807, 2.05) is 20.8 Å². The lowest BCUT2D eigenvalue weighted by atomic mass is 10.1. The van der Waals surface area contributed by atoms with Gasteiger partial charge in [-0.15, -0.1) is 0 Å². The Bertz CT molecular complexity index is 401. The number of rotatable bonds is 14. The van der Waals surface area contributed by atoms with Crippen LogP contribution in [0.2, 0.25) is 0 Å². The zero-order valence-electron chi connectivity index (χ0n) is 16.9. The zero-order valence-corrected chi connectivity index (χ0v) is 16.9. The molecular formula is C20H38N2O4. The van der Waals surface area contributed by atoms with Crippen LogP contribution in [0.5, 0.6) is 0 Å². The number of ether oxygens (including phenoxy) is 2. The maximum absolute atomic E-state index is 12.4. The summed E-state index contributed by atoms with van der Waals surface area (Å²) in [7, 11) is 0. The van der Waals surface area contributed by atoms with Crippen molar-refractivity contribution in [3.05, 3.63) is 0 Å². The quantitative estimate of drug-likeness (QED) is 0.478. The molecule has 6 nitrogen and oxygen atoms in total. The number of hydrogen-bond donors (Lipinski definition) is 1. The van der Waals surface area contributed by atoms with E-state index in [-0.39, 0.29) is 24.0 Å². The molecule has 1 unspecified atom stereocenters. The first-order valence-corrected chi connectivity index (χ1v) is 10.3. The Hall–Kier alpha value is -1.14. The summed E-state index contributed by atoms with van der Waals surface area (Å²) in [5.41, 5.74) is 0. The predicted octanol–water partition coefficient (Wildman–Crippen LogP) is 2.90. The van der Waals surface area contributed by atoms with Gasteiger partial charge in [-0.2, -0.15) is 0 Å². The molecule has 1 atom stereocenters. The van der Waals surface area contributed by atoms with E-state index < -0.39 is 0 Å². The van der Waals surface area contributed by atoms with E-state index >= 15 is 0 Å². The van der Waals surface area contributed by atoms with Crippen LogP contribution in [0.3, 0.4) is 0 Å². The van der Waals surface area contributed by atoms with Gasteiger partial charge in [0.15, 0.2) is 0 Å². The molecular weight excluding hydrogens is 332 g/mol. The van der Waals surface area contributed by atoms with Crippen molar-refractivity contribution < 1.29 is 19.1 Å². The molecule has 152 valence electrons. The van der Waals surface area contributed by atoms with E-state index in [9.17, 15) is 9.59 Å². The molecule has 6 heteroatoms. The largest absolute Gasteiger partial charge is 0.382 e. The lowest BCUT2D eigenvalue weighted by Crippen LogP contribution is -2.46. The van der Waals surface area contributed by atoms with Crippen LogP contribution in [0.25, 0.3) is 0 Å². The van der Waals surface area contributed by atoms with Crippen LogP contribution < -0.4 is 5.32 Å². The second-order valence-electron chi connectivity index (χ2n) is 7.17. The van der Waals surface area contributed by atoms with Crippen molar-refractivity contribution in [3.8, 4) is 0 Å². The standard InChI is InChI=1S/C20H38N2O4/c1-4-25-15-8-5-6-12-19(23)22-14-10-11-18(22)20(24)21-13-7-9-16-26-17(2)3/h17-18H,4-16H2,1-3H3,(H,21,24). The first-order valence-electron chi connectivity index (χ1n) is 10.3. The van der Waals surface area contributed by atoms with Crippen LogP contribution in [0.15, 0.2) is 0 Å². The van der Waals surface area contributed by atoms with E-state index in [2.05, 4.69) is 5.32 Å². The molecule has 0 aliphatic carbocycles. The van der Waals surface area contributed by atoms with Gasteiger partial charge in [0.25, 0.3) is 0 Å². The van der Waals surface area contributed by atoms with Gasteiger partial charge < -0.3 is 19.7 Å². The van der Waals surface area contributed by atoms with Crippen LogP contribution in [-0.4, -0.2) is 61.8 Å². The summed E-state index contributed by atoms with van der Waals surface area (Å²) in [4.78, 5) is 26.6. The van der Waals surface area contributed by atoms with Crippen molar-refractivity contribution in [1.82, 2.24) is 10.2 Å². The first kappa shape index (κ1) is 22.9. The molecule has 1 saturated heterocycles. The minimum atomic E-state index is -0.280. The van der Waals surface area contributed by atoms with Gasteiger partial charge in [0.2, 0.25) is 11.8 Å². The molecule has 26 heavy (non-hydrogen) atoms. The highest BCUT2D eigenvalue weighted by Crippen LogP contribution is 2.19. The maximum atomic E-state index is 12.4. The minimum Gasteiger partial charge on any atom is -0.382 e. The van der Waals surface area contributed by atoms with Gasteiger partial charge in [0.05, 0.1) is 6.10 Å². The number of carbonyl (C=O) groups excluding carboxylic acids is 2. The summed E-state index contributed by atoms with van der Waals surface area (Å²) in [6.45, 7) is 9.62. The van der Waals surface area contributed by atoms with Crippen molar-refractivity contribution in [1.29, 1.82) is 0 Å². The summed E-state index contributed by atoms with van der Waals surface area (Å²) >= 11 is 0. The third-order valence-corrected chi connectivity index (χ3v) is 4.58. The number of carbonyl (C=O) groups is 2. The first-order chi connectivity index (χ1) is 12.6. The Balaban J connectivity index is 2.19. The normalized spacial score (nSPS) is 17.1. The average Bonchev–Trinajstić information content (AvgIpc) is 3.10. The summed E-state index contributed by atoms with van der Waals surface area (Å²) in [5, 5.41) is 2.98. The molecule has 0 aromatic rings. The number of nitrogens with one attached hydrogen (secondary N) is 1. The number of hydrogen-bond acceptors (Lipinski definition) is 4. The number of amides is 2. The van der Waals surface area contributed by atoms with E-state index in [1.165, 1.54) is 0 Å². The van der Waals surface area contributed by atoms with Crippen LogP contribution in [0, 0.1) is 0 Å². The number of nitrogens with zero attached hydrogens (tertiary/aromatic N) is 1. The highest BCUT2D eigenvalue weighted by molar-refractivity contribution is 5.88. The van der Waals surface area contributed by atoms with Crippen LogP contribution in [0.4, 0.5) is 0 Å². The van der Waals surface area contributed by atoms with Crippen LogP contribution >= 0.6 is 0 Å². The van der Waals surface area contributed by atoms with Gasteiger partial charge in [-0.05, 0) is 59.3 Å². The fourth-order valence-corrected chi connectivity index (χ4v) is 3.16. The fraction of sp³-hybridized carbons (Fsp3) is 0.900. The predicted molar refractivity (Wildman–Crippen MR) is 103 cm³/mol. The monoisotopic (exact) mass is 370 g/mol. The molecule has 1 aliphatic rings. The highest BCUT2D eigenvalue weighted by atomic mass is 16.5. The molecule has 0 aromatic heterocycles. The third-order valence-electron chi connectivity index (χ3n) is 4.58. The average molecular weight is 371 g/mol. The Morgan fingerprint density at radius 3 is 2.62 bits per heavy atom. The third kappa shape index (κ3) is 9.53. The van der Waals surface area contributed by atoms with Gasteiger partial charge >= 0.3 is 0 Å². The van der Waals surface area contributed by atoms with Crippen molar-refractivity contribution in [2.45, 2.75) is 84.3 Å². The topological polar surface area (TPSA) is 67.9 Å². The Morgan fingerprint density at radius 2 is 1.88 bits per heavy atom. The number of likely N-dealkylation sites (tertiary alicyclic amines) is 1. The molecule has 1 N–H and O–H groups in total. The lowest BCUT2D eigenvalue weighted by molar-refractivity contribution is -0.138. The van der Waals surface area contributed by atoms with E-state index in [4.69, 9.17) is 9.47 Å². The van der Waals surface area contributed by atoms with Gasteiger partial charge in [-0.3, -0.25) is 9.59 Å². The van der Waals surface area contributed by atoms with E-state index in [1.54, 1.807) is 4.90 Å². The molecule has 1 fully saturated rings. The van der Waals surface area contributed by atoms with Crippen molar-refractivity contribution >= 4 is 11.8 Å². The minimum absolute atomic E-state index is 0.00280. The molecule has 0 spiro atoms. The van der Waals surface area contributed by atoms with E-state index in [0.29, 0.717) is 19.5 Å². The zero-order chi connectivity index (χ0) is 19.2. The molecule has 0 radical (unpaired) electrons. The maximum Gasteiger partial charge on any atom is 0.242 e. The van der Waals surface area contributed by atoms with Gasteiger partial charge in [0, 0.05) is 39.3 Å². The summed E-state index contributed by atoms with van der Waals surface area (Å²) in [5.74, 6) is 0.112. The second kappa shape index (κ2) is 14.0. The Labute approximate surface area is 159 Å². The van der Waals surface area contributed by atoms with Crippen LogP contribution in [0.1, 0.15) is 72.1 Å². The Kier molecular flexibility index (Phi) is 12.3. The van der Waals surface area contributed by atoms with Gasteiger partial charge in [-0.25, -0.2) is 0 Å². The molecule has 1 aliphatic heterocycles. The van der Waals surface area contributed by atoms with Crippen molar-refractivity contribution in [2.24, 2.45) is 0 Å². The van der Waals surface area contributed by atoms with E-state index in [0.717, 1.165) is 64.8 Å².